The first-order valence-corrected chi connectivity index (χ1v) is 6.09. The van der Waals surface area contributed by atoms with Gasteiger partial charge in [0, 0.05) is 0 Å². The van der Waals surface area contributed by atoms with Crippen LogP contribution in [0.5, 0.6) is 0 Å². The quantitative estimate of drug-likeness (QED) is 0.780. The summed E-state index contributed by atoms with van der Waals surface area (Å²) >= 11 is 5.41. The second kappa shape index (κ2) is 4.40. The molecule has 0 fully saturated rings. The van der Waals surface area contributed by atoms with Crippen LogP contribution in [0.2, 0.25) is 5.15 Å². The number of halogens is 3. The minimum absolute atomic E-state index is 0.152. The molecular weight excluding hydrogens is 248 g/mol. The van der Waals surface area contributed by atoms with Crippen molar-refractivity contribution in [3.8, 4) is 0 Å². The van der Waals surface area contributed by atoms with Crippen LogP contribution in [0.1, 0.15) is 19.0 Å². The average Bonchev–Trinajstić information content (AvgIpc) is 2.17. The van der Waals surface area contributed by atoms with Gasteiger partial charge in [-0.15, -0.1) is 0 Å². The van der Waals surface area contributed by atoms with Gasteiger partial charge < -0.3 is 0 Å². The molecule has 0 saturated carbocycles. The maximum absolute atomic E-state index is 12.5. The van der Waals surface area contributed by atoms with Crippen molar-refractivity contribution in [2.24, 2.45) is 0 Å². The summed E-state index contributed by atoms with van der Waals surface area (Å²) in [4.78, 5) is 2.87. The highest BCUT2D eigenvalue weighted by Gasteiger charge is 2.23. The predicted molar refractivity (Wildman–Crippen MR) is 51.9 cm³/mol. The number of pyridine rings is 1. The molecule has 0 aliphatic rings. The molecule has 0 aliphatic heterocycles. The summed E-state index contributed by atoms with van der Waals surface area (Å²) < 4.78 is 47.8. The third-order valence-electron chi connectivity index (χ3n) is 1.77. The molecule has 0 atom stereocenters. The Labute approximate surface area is 91.0 Å². The Bertz CT molecular complexity index is 462. The Balaban J connectivity index is 3.43. The molecule has 0 radical (unpaired) electrons. The zero-order valence-corrected chi connectivity index (χ0v) is 9.32. The number of alkyl halides is 2. The fraction of sp³-hybridized carbons (Fsp3) is 0.375. The standard InChI is InChI=1S/C8H8ClF2NO2S/c1-2-15(13,14)5-3-4-6(9)12-7(5)8(10)11/h3-4,8H,2H2,1H3. The van der Waals surface area contributed by atoms with Crippen molar-refractivity contribution in [3.63, 3.8) is 0 Å². The van der Waals surface area contributed by atoms with Gasteiger partial charge in [0.1, 0.15) is 10.8 Å². The van der Waals surface area contributed by atoms with Crippen LogP contribution in [0.3, 0.4) is 0 Å². The maximum Gasteiger partial charge on any atom is 0.281 e. The van der Waals surface area contributed by atoms with E-state index in [1.54, 1.807) is 0 Å². The molecule has 1 aromatic heterocycles. The van der Waals surface area contributed by atoms with Crippen molar-refractivity contribution < 1.29 is 17.2 Å². The fourth-order valence-electron chi connectivity index (χ4n) is 1.01. The molecule has 3 nitrogen and oxygen atoms in total. The smallest absolute Gasteiger partial charge is 0.234 e. The Morgan fingerprint density at radius 2 is 2.07 bits per heavy atom. The Kier molecular flexibility index (Phi) is 3.62. The van der Waals surface area contributed by atoms with Crippen molar-refractivity contribution in [1.82, 2.24) is 4.98 Å². The summed E-state index contributed by atoms with van der Waals surface area (Å²) in [6.07, 6.45) is -2.96. The number of rotatable bonds is 3. The summed E-state index contributed by atoms with van der Waals surface area (Å²) in [5, 5.41) is -0.152. The minimum Gasteiger partial charge on any atom is -0.234 e. The highest BCUT2D eigenvalue weighted by atomic mass is 35.5. The van der Waals surface area contributed by atoms with Gasteiger partial charge in [-0.3, -0.25) is 0 Å². The van der Waals surface area contributed by atoms with Crippen molar-refractivity contribution in [3.05, 3.63) is 23.0 Å². The van der Waals surface area contributed by atoms with Crippen molar-refractivity contribution in [1.29, 1.82) is 0 Å². The van der Waals surface area contributed by atoms with E-state index in [4.69, 9.17) is 11.6 Å². The van der Waals surface area contributed by atoms with Gasteiger partial charge in [-0.05, 0) is 12.1 Å². The van der Waals surface area contributed by atoms with Crippen LogP contribution in [-0.2, 0) is 9.84 Å². The van der Waals surface area contributed by atoms with Gasteiger partial charge in [-0.25, -0.2) is 22.2 Å². The first-order valence-electron chi connectivity index (χ1n) is 4.06. The van der Waals surface area contributed by atoms with Crippen LogP contribution in [0.4, 0.5) is 8.78 Å². The normalized spacial score (nSPS) is 12.1. The van der Waals surface area contributed by atoms with E-state index in [2.05, 4.69) is 4.98 Å². The Morgan fingerprint density at radius 3 is 2.53 bits per heavy atom. The number of hydrogen-bond donors (Lipinski definition) is 0. The van der Waals surface area contributed by atoms with Gasteiger partial charge in [0.25, 0.3) is 6.43 Å². The lowest BCUT2D eigenvalue weighted by molar-refractivity contribution is 0.142. The zero-order chi connectivity index (χ0) is 11.6. The maximum atomic E-state index is 12.5. The van der Waals surface area contributed by atoms with E-state index in [0.717, 1.165) is 6.07 Å². The largest absolute Gasteiger partial charge is 0.281 e. The van der Waals surface area contributed by atoms with Gasteiger partial charge >= 0.3 is 0 Å². The van der Waals surface area contributed by atoms with E-state index in [-0.39, 0.29) is 10.9 Å². The van der Waals surface area contributed by atoms with Crippen molar-refractivity contribution >= 4 is 21.4 Å². The lowest BCUT2D eigenvalue weighted by Gasteiger charge is -2.07. The SMILES string of the molecule is CCS(=O)(=O)c1ccc(Cl)nc1C(F)F. The van der Waals surface area contributed by atoms with E-state index in [1.165, 1.54) is 13.0 Å². The van der Waals surface area contributed by atoms with Gasteiger partial charge in [0.05, 0.1) is 10.6 Å². The van der Waals surface area contributed by atoms with Gasteiger partial charge in [0.2, 0.25) is 0 Å². The van der Waals surface area contributed by atoms with Crippen LogP contribution in [0.15, 0.2) is 17.0 Å². The molecule has 1 rings (SSSR count). The monoisotopic (exact) mass is 255 g/mol. The topological polar surface area (TPSA) is 47.0 Å². The van der Waals surface area contributed by atoms with Gasteiger partial charge in [-0.1, -0.05) is 18.5 Å². The van der Waals surface area contributed by atoms with E-state index < -0.39 is 26.9 Å². The Morgan fingerprint density at radius 1 is 1.47 bits per heavy atom. The third-order valence-corrected chi connectivity index (χ3v) is 3.76. The molecular formula is C8H8ClF2NO2S. The summed E-state index contributed by atoms with van der Waals surface area (Å²) in [5.74, 6) is -0.254. The van der Waals surface area contributed by atoms with Crippen molar-refractivity contribution in [2.45, 2.75) is 18.2 Å². The van der Waals surface area contributed by atoms with E-state index in [1.807, 2.05) is 0 Å². The van der Waals surface area contributed by atoms with Gasteiger partial charge in [0.15, 0.2) is 9.84 Å². The molecule has 0 bridgehead atoms. The number of nitrogens with zero attached hydrogens (tertiary/aromatic N) is 1. The molecule has 0 saturated heterocycles. The number of aromatic nitrogens is 1. The molecule has 0 N–H and O–H groups in total. The highest BCUT2D eigenvalue weighted by Crippen LogP contribution is 2.26. The molecule has 0 unspecified atom stereocenters. The third kappa shape index (κ3) is 2.63. The molecule has 15 heavy (non-hydrogen) atoms. The van der Waals surface area contributed by atoms with Crippen LogP contribution in [0.25, 0.3) is 0 Å². The molecule has 7 heteroatoms. The first-order chi connectivity index (χ1) is 6.88. The highest BCUT2D eigenvalue weighted by molar-refractivity contribution is 7.91. The molecule has 1 aromatic rings. The summed E-state index contributed by atoms with van der Waals surface area (Å²) in [7, 11) is -3.69. The molecule has 0 amide bonds. The number of hydrogen-bond acceptors (Lipinski definition) is 3. The zero-order valence-electron chi connectivity index (χ0n) is 7.75. The molecule has 0 aliphatic carbocycles. The summed E-state index contributed by atoms with van der Waals surface area (Å²) in [6.45, 7) is 1.37. The molecule has 0 aromatic carbocycles. The van der Waals surface area contributed by atoms with Gasteiger partial charge in [-0.2, -0.15) is 0 Å². The van der Waals surface area contributed by atoms with Crippen LogP contribution >= 0.6 is 11.6 Å². The first kappa shape index (κ1) is 12.3. The van der Waals surface area contributed by atoms with Crippen LogP contribution in [-0.4, -0.2) is 19.2 Å². The van der Waals surface area contributed by atoms with E-state index in [0.29, 0.717) is 0 Å². The lowest BCUT2D eigenvalue weighted by Crippen LogP contribution is -2.09. The van der Waals surface area contributed by atoms with E-state index in [9.17, 15) is 17.2 Å². The summed E-state index contributed by atoms with van der Waals surface area (Å²) in [6, 6.07) is 2.23. The molecule has 0 spiro atoms. The second-order valence-electron chi connectivity index (χ2n) is 2.72. The molecule has 1 heterocycles. The Hall–Kier alpha value is -0.750. The van der Waals surface area contributed by atoms with Crippen molar-refractivity contribution in [2.75, 3.05) is 5.75 Å². The number of sulfone groups is 1. The van der Waals surface area contributed by atoms with E-state index >= 15 is 0 Å². The fourth-order valence-corrected chi connectivity index (χ4v) is 2.21. The predicted octanol–water partition coefficient (Wildman–Crippen LogP) is 2.47. The lowest BCUT2D eigenvalue weighted by atomic mass is 10.3. The van der Waals surface area contributed by atoms with Crippen LogP contribution < -0.4 is 0 Å². The molecule has 84 valence electrons. The summed E-state index contributed by atoms with van der Waals surface area (Å²) in [5.41, 5.74) is -0.788. The average molecular weight is 256 g/mol. The second-order valence-corrected chi connectivity index (χ2v) is 5.36. The van der Waals surface area contributed by atoms with Crippen LogP contribution in [0, 0.1) is 0 Å². The minimum atomic E-state index is -3.69.